The van der Waals surface area contributed by atoms with Gasteiger partial charge in [-0.3, -0.25) is 14.8 Å². The van der Waals surface area contributed by atoms with Crippen LogP contribution in [0.2, 0.25) is 0 Å². The molecule has 94 valence electrons. The molecule has 1 rings (SSSR count). The van der Waals surface area contributed by atoms with Crippen molar-refractivity contribution in [3.8, 4) is 0 Å². The molecule has 4 N–H and O–H groups in total. The van der Waals surface area contributed by atoms with Gasteiger partial charge in [0.1, 0.15) is 0 Å². The van der Waals surface area contributed by atoms with E-state index in [1.54, 1.807) is 11.6 Å². The predicted octanol–water partition coefficient (Wildman–Crippen LogP) is -0.598. The van der Waals surface area contributed by atoms with Gasteiger partial charge in [0.05, 0.1) is 11.7 Å². The number of rotatable bonds is 4. The normalized spacial score (nSPS) is 12.2. The summed E-state index contributed by atoms with van der Waals surface area (Å²) in [5.41, 5.74) is 6.76. The Morgan fingerprint density at radius 1 is 1.59 bits per heavy atom. The van der Waals surface area contributed by atoms with Crippen LogP contribution in [0.1, 0.15) is 18.2 Å². The second-order valence-electron chi connectivity index (χ2n) is 3.87. The van der Waals surface area contributed by atoms with E-state index in [9.17, 15) is 9.59 Å². The summed E-state index contributed by atoms with van der Waals surface area (Å²) >= 11 is 0. The Balaban J connectivity index is 2.48. The summed E-state index contributed by atoms with van der Waals surface area (Å²) in [5, 5.41) is 9.18. The van der Waals surface area contributed by atoms with E-state index in [-0.39, 0.29) is 0 Å². The SMILES string of the molecule is Cc1nn(C)cc1CNC(C)C(=O)NC(N)=O. The minimum absolute atomic E-state index is 0.445. The highest BCUT2D eigenvalue weighted by molar-refractivity contribution is 5.96. The highest BCUT2D eigenvalue weighted by Crippen LogP contribution is 2.04. The average molecular weight is 239 g/mol. The van der Waals surface area contributed by atoms with Gasteiger partial charge in [-0.1, -0.05) is 0 Å². The van der Waals surface area contributed by atoms with E-state index in [1.165, 1.54) is 0 Å². The van der Waals surface area contributed by atoms with E-state index in [1.807, 2.05) is 25.5 Å². The summed E-state index contributed by atoms with van der Waals surface area (Å²) in [6.45, 7) is 4.06. The minimum Gasteiger partial charge on any atom is -0.351 e. The topological polar surface area (TPSA) is 102 Å². The van der Waals surface area contributed by atoms with Crippen LogP contribution in [-0.2, 0) is 18.4 Å². The first-order valence-electron chi connectivity index (χ1n) is 5.23. The molecule has 0 aliphatic heterocycles. The van der Waals surface area contributed by atoms with E-state index in [0.717, 1.165) is 11.3 Å². The van der Waals surface area contributed by atoms with Gasteiger partial charge in [0, 0.05) is 25.4 Å². The highest BCUT2D eigenvalue weighted by atomic mass is 16.2. The number of carbonyl (C=O) groups is 2. The first-order chi connectivity index (χ1) is 7.90. The number of aryl methyl sites for hydroxylation is 2. The van der Waals surface area contributed by atoms with Crippen molar-refractivity contribution in [1.82, 2.24) is 20.4 Å². The summed E-state index contributed by atoms with van der Waals surface area (Å²) in [5.74, 6) is -0.445. The largest absolute Gasteiger partial charge is 0.351 e. The molecule has 0 fully saturated rings. The van der Waals surface area contributed by atoms with E-state index in [2.05, 4.69) is 10.4 Å². The molecule has 0 aliphatic rings. The Hall–Kier alpha value is -1.89. The molecule has 7 heteroatoms. The van der Waals surface area contributed by atoms with Crippen LogP contribution in [0.25, 0.3) is 0 Å². The van der Waals surface area contributed by atoms with E-state index >= 15 is 0 Å². The summed E-state index contributed by atoms with van der Waals surface area (Å²) in [6, 6.07) is -1.34. The van der Waals surface area contributed by atoms with Crippen LogP contribution in [0.4, 0.5) is 4.79 Å². The molecule has 3 amide bonds. The average Bonchev–Trinajstić information content (AvgIpc) is 2.52. The molecular formula is C10H17N5O2. The lowest BCUT2D eigenvalue weighted by Crippen LogP contribution is -2.46. The summed E-state index contributed by atoms with van der Waals surface area (Å²) in [7, 11) is 1.83. The van der Waals surface area contributed by atoms with Gasteiger partial charge in [-0.05, 0) is 13.8 Å². The van der Waals surface area contributed by atoms with Gasteiger partial charge in [-0.2, -0.15) is 5.10 Å². The van der Waals surface area contributed by atoms with Crippen LogP contribution in [0.3, 0.4) is 0 Å². The molecule has 0 saturated carbocycles. The second kappa shape index (κ2) is 5.44. The Kier molecular flexibility index (Phi) is 4.22. The maximum Gasteiger partial charge on any atom is 0.318 e. The number of carbonyl (C=O) groups excluding carboxylic acids is 2. The van der Waals surface area contributed by atoms with Crippen molar-refractivity contribution >= 4 is 11.9 Å². The molecule has 1 atom stereocenters. The lowest BCUT2D eigenvalue weighted by molar-refractivity contribution is -0.121. The lowest BCUT2D eigenvalue weighted by atomic mass is 10.2. The van der Waals surface area contributed by atoms with E-state index < -0.39 is 18.0 Å². The van der Waals surface area contributed by atoms with Gasteiger partial charge in [-0.25, -0.2) is 4.79 Å². The summed E-state index contributed by atoms with van der Waals surface area (Å²) < 4.78 is 1.71. The molecular weight excluding hydrogens is 222 g/mol. The Morgan fingerprint density at radius 2 is 2.24 bits per heavy atom. The Labute approximate surface area is 99.4 Å². The van der Waals surface area contributed by atoms with E-state index in [4.69, 9.17) is 5.73 Å². The Morgan fingerprint density at radius 3 is 2.71 bits per heavy atom. The molecule has 7 nitrogen and oxygen atoms in total. The van der Waals surface area contributed by atoms with Crippen molar-refractivity contribution in [3.05, 3.63) is 17.5 Å². The van der Waals surface area contributed by atoms with Gasteiger partial charge < -0.3 is 11.1 Å². The van der Waals surface area contributed by atoms with Crippen LogP contribution in [0.15, 0.2) is 6.20 Å². The highest BCUT2D eigenvalue weighted by Gasteiger charge is 2.14. The molecule has 1 heterocycles. The van der Waals surface area contributed by atoms with Gasteiger partial charge in [-0.15, -0.1) is 0 Å². The van der Waals surface area contributed by atoms with Crippen molar-refractivity contribution in [2.45, 2.75) is 26.4 Å². The van der Waals surface area contributed by atoms with Gasteiger partial charge in [0.2, 0.25) is 5.91 Å². The number of nitrogens with one attached hydrogen (secondary N) is 2. The number of hydrogen-bond acceptors (Lipinski definition) is 4. The smallest absolute Gasteiger partial charge is 0.318 e. The molecule has 0 radical (unpaired) electrons. The molecule has 17 heavy (non-hydrogen) atoms. The number of nitrogens with zero attached hydrogens (tertiary/aromatic N) is 2. The van der Waals surface area contributed by atoms with Crippen molar-refractivity contribution in [2.75, 3.05) is 0 Å². The molecule has 0 spiro atoms. The van der Waals surface area contributed by atoms with Crippen LogP contribution in [0, 0.1) is 6.92 Å². The lowest BCUT2D eigenvalue weighted by Gasteiger charge is -2.11. The number of nitrogens with two attached hydrogens (primary N) is 1. The number of hydrogen-bond donors (Lipinski definition) is 3. The van der Waals surface area contributed by atoms with Crippen LogP contribution < -0.4 is 16.4 Å². The van der Waals surface area contributed by atoms with E-state index in [0.29, 0.717) is 6.54 Å². The number of aromatic nitrogens is 2. The third-order valence-corrected chi connectivity index (χ3v) is 2.35. The zero-order valence-corrected chi connectivity index (χ0v) is 10.2. The standard InChI is InChI=1S/C10H17N5O2/c1-6-8(5-15(3)14-6)4-12-7(2)9(16)13-10(11)17/h5,7,12H,4H2,1-3H3,(H3,11,13,16,17). The van der Waals surface area contributed by atoms with Gasteiger partial charge in [0.25, 0.3) is 0 Å². The van der Waals surface area contributed by atoms with Crippen LogP contribution in [0.5, 0.6) is 0 Å². The maximum atomic E-state index is 11.4. The third-order valence-electron chi connectivity index (χ3n) is 2.35. The van der Waals surface area contributed by atoms with Gasteiger partial charge >= 0.3 is 6.03 Å². The first kappa shape index (κ1) is 13.2. The fourth-order valence-electron chi connectivity index (χ4n) is 1.41. The fourth-order valence-corrected chi connectivity index (χ4v) is 1.41. The monoisotopic (exact) mass is 239 g/mol. The molecule has 0 saturated heterocycles. The first-order valence-corrected chi connectivity index (χ1v) is 5.23. The molecule has 0 aromatic carbocycles. The molecule has 1 unspecified atom stereocenters. The Bertz CT molecular complexity index is 426. The van der Waals surface area contributed by atoms with Crippen molar-refractivity contribution in [3.63, 3.8) is 0 Å². The van der Waals surface area contributed by atoms with Gasteiger partial charge in [0.15, 0.2) is 0 Å². The number of urea groups is 1. The molecule has 1 aromatic heterocycles. The zero-order chi connectivity index (χ0) is 13.0. The second-order valence-corrected chi connectivity index (χ2v) is 3.87. The van der Waals surface area contributed by atoms with Crippen molar-refractivity contribution in [2.24, 2.45) is 12.8 Å². The van der Waals surface area contributed by atoms with Crippen molar-refractivity contribution in [1.29, 1.82) is 0 Å². The molecule has 1 aromatic rings. The summed E-state index contributed by atoms with van der Waals surface area (Å²) in [4.78, 5) is 21.9. The third kappa shape index (κ3) is 3.87. The van der Waals surface area contributed by atoms with Crippen molar-refractivity contribution < 1.29 is 9.59 Å². The van der Waals surface area contributed by atoms with Crippen LogP contribution in [-0.4, -0.2) is 27.8 Å². The number of amides is 3. The number of imide groups is 1. The maximum absolute atomic E-state index is 11.4. The molecule has 0 bridgehead atoms. The zero-order valence-electron chi connectivity index (χ0n) is 10.2. The number of primary amides is 1. The summed E-state index contributed by atoms with van der Waals surface area (Å²) in [6.07, 6.45) is 1.88. The quantitative estimate of drug-likeness (QED) is 0.653. The van der Waals surface area contributed by atoms with Crippen LogP contribution >= 0.6 is 0 Å². The predicted molar refractivity (Wildman–Crippen MR) is 62.0 cm³/mol. The minimum atomic E-state index is -0.846. The molecule has 0 aliphatic carbocycles. The fraction of sp³-hybridized carbons (Fsp3) is 0.500.